The van der Waals surface area contributed by atoms with Crippen molar-refractivity contribution in [1.82, 2.24) is 15.3 Å². The molecule has 5 N–H and O–H groups in total. The normalized spacial score (nSPS) is 13.4. The van der Waals surface area contributed by atoms with Crippen LogP contribution in [0.4, 0.5) is 11.5 Å². The molecule has 2 heterocycles. The van der Waals surface area contributed by atoms with Gasteiger partial charge in [-0.3, -0.25) is 14.6 Å². The average molecular weight is 471 g/mol. The Bertz CT molecular complexity index is 1240. The molecule has 0 unspecified atom stereocenters. The van der Waals surface area contributed by atoms with Gasteiger partial charge in [-0.1, -0.05) is 18.9 Å². The van der Waals surface area contributed by atoms with Crippen molar-refractivity contribution in [2.45, 2.75) is 52.1 Å². The van der Waals surface area contributed by atoms with E-state index in [2.05, 4.69) is 20.6 Å². The Morgan fingerprint density at radius 3 is 2.57 bits per heavy atom. The van der Waals surface area contributed by atoms with Crippen molar-refractivity contribution in [3.63, 3.8) is 0 Å². The summed E-state index contributed by atoms with van der Waals surface area (Å²) >= 11 is 0. The van der Waals surface area contributed by atoms with Crippen LogP contribution in [0, 0.1) is 19.3 Å². The number of nitrogens with two attached hydrogens (primary N) is 1. The van der Waals surface area contributed by atoms with E-state index in [9.17, 15) is 9.59 Å². The molecule has 1 aromatic carbocycles. The Kier molecular flexibility index (Phi) is 7.19. The summed E-state index contributed by atoms with van der Waals surface area (Å²) in [6.45, 7) is 4.05. The lowest BCUT2D eigenvalue weighted by Gasteiger charge is -2.20. The molecule has 1 amide bonds. The minimum absolute atomic E-state index is 0.229. The van der Waals surface area contributed by atoms with Gasteiger partial charge in [0.2, 0.25) is 0 Å². The zero-order valence-electron chi connectivity index (χ0n) is 20.0. The predicted octanol–water partition coefficient (Wildman–Crippen LogP) is 4.44. The summed E-state index contributed by atoms with van der Waals surface area (Å²) < 4.78 is 0. The molecule has 35 heavy (non-hydrogen) atoms. The first-order valence-corrected chi connectivity index (χ1v) is 11.8. The van der Waals surface area contributed by atoms with Crippen molar-refractivity contribution in [1.29, 1.82) is 5.41 Å². The van der Waals surface area contributed by atoms with Gasteiger partial charge < -0.3 is 21.8 Å². The van der Waals surface area contributed by atoms with Crippen molar-refractivity contribution >= 4 is 29.9 Å². The maximum absolute atomic E-state index is 13.4. The molecule has 8 heteroatoms. The van der Waals surface area contributed by atoms with E-state index in [1.165, 1.54) is 6.21 Å². The summed E-state index contributed by atoms with van der Waals surface area (Å²) in [6, 6.07) is 9.39. The van der Waals surface area contributed by atoms with Gasteiger partial charge in [0.1, 0.15) is 11.5 Å². The molecule has 0 atom stereocenters. The lowest BCUT2D eigenvalue weighted by atomic mass is 9.97. The highest BCUT2D eigenvalue weighted by Crippen LogP contribution is 2.31. The molecule has 8 nitrogen and oxygen atoms in total. The van der Waals surface area contributed by atoms with E-state index in [1.54, 1.807) is 24.4 Å². The summed E-state index contributed by atoms with van der Waals surface area (Å²) in [5, 5.41) is 14.6. The number of aromatic nitrogens is 2. The Labute approximate surface area is 204 Å². The summed E-state index contributed by atoms with van der Waals surface area (Å²) in [5.41, 5.74) is 12.2. The molecule has 180 valence electrons. The number of pyridine rings is 2. The number of hydrogen-bond acceptors (Lipinski definition) is 7. The van der Waals surface area contributed by atoms with E-state index >= 15 is 0 Å². The van der Waals surface area contributed by atoms with Crippen molar-refractivity contribution in [3.05, 3.63) is 70.2 Å². The van der Waals surface area contributed by atoms with Crippen LogP contribution in [0.5, 0.6) is 0 Å². The minimum Gasteiger partial charge on any atom is -0.383 e. The van der Waals surface area contributed by atoms with Gasteiger partial charge in [-0.25, -0.2) is 4.98 Å². The lowest BCUT2D eigenvalue weighted by Crippen LogP contribution is -2.26. The summed E-state index contributed by atoms with van der Waals surface area (Å²) in [7, 11) is 0. The first kappa shape index (κ1) is 24.1. The Morgan fingerprint density at radius 2 is 1.94 bits per heavy atom. The first-order valence-electron chi connectivity index (χ1n) is 11.8. The van der Waals surface area contributed by atoms with E-state index in [1.807, 2.05) is 26.0 Å². The number of aldehydes is 1. The number of nitrogens with zero attached hydrogens (tertiary/aromatic N) is 2. The molecular weight excluding hydrogens is 440 g/mol. The Morgan fingerprint density at radius 1 is 1.17 bits per heavy atom. The van der Waals surface area contributed by atoms with Crippen molar-refractivity contribution in [3.8, 4) is 11.1 Å². The number of benzene rings is 1. The molecule has 1 aliphatic carbocycles. The number of nitrogen functional groups attached to an aromatic ring is 1. The topological polar surface area (TPSA) is 134 Å². The van der Waals surface area contributed by atoms with E-state index in [0.29, 0.717) is 35.0 Å². The average Bonchev–Trinajstić information content (AvgIpc) is 3.36. The van der Waals surface area contributed by atoms with Crippen LogP contribution < -0.4 is 16.4 Å². The van der Waals surface area contributed by atoms with E-state index in [-0.39, 0.29) is 12.5 Å². The highest BCUT2D eigenvalue weighted by molar-refractivity contribution is 6.06. The Balaban J connectivity index is 1.70. The number of nitrogens with one attached hydrogen (secondary N) is 3. The zero-order chi connectivity index (χ0) is 24.9. The zero-order valence-corrected chi connectivity index (χ0v) is 20.0. The van der Waals surface area contributed by atoms with Gasteiger partial charge in [-0.15, -0.1) is 0 Å². The molecule has 0 aliphatic heterocycles. The van der Waals surface area contributed by atoms with Gasteiger partial charge in [0.15, 0.2) is 6.29 Å². The third-order valence-electron chi connectivity index (χ3n) is 6.46. The molecule has 1 aliphatic rings. The number of hydrogen-bond donors (Lipinski definition) is 4. The quantitative estimate of drug-likeness (QED) is 0.284. The van der Waals surface area contributed by atoms with Crippen molar-refractivity contribution in [2.24, 2.45) is 0 Å². The van der Waals surface area contributed by atoms with Crippen LogP contribution in [-0.2, 0) is 6.54 Å². The molecule has 0 spiro atoms. The van der Waals surface area contributed by atoms with Crippen LogP contribution in [0.15, 0.2) is 36.5 Å². The molecule has 4 rings (SSSR count). The number of carbonyl (C=O) groups excluding carboxylic acids is 2. The van der Waals surface area contributed by atoms with Crippen molar-refractivity contribution in [2.75, 3.05) is 11.1 Å². The molecule has 2 aromatic heterocycles. The number of rotatable bonds is 8. The smallest absolute Gasteiger partial charge is 0.252 e. The molecule has 0 radical (unpaired) electrons. The van der Waals surface area contributed by atoms with Crippen LogP contribution in [0.1, 0.15) is 68.9 Å². The molecular formula is C27H30N6O2. The van der Waals surface area contributed by atoms with Gasteiger partial charge in [-0.05, 0) is 62.1 Å². The van der Waals surface area contributed by atoms with E-state index < -0.39 is 0 Å². The lowest BCUT2D eigenvalue weighted by molar-refractivity contribution is 0.0950. The SMILES string of the molecule is Cc1cc(C)c(CNC(=O)c2cc(-c3ccc(C=O)nc3)cc(NC3CCCC3)c2C=N)c(N)n1. The van der Waals surface area contributed by atoms with Gasteiger partial charge >= 0.3 is 0 Å². The fourth-order valence-corrected chi connectivity index (χ4v) is 4.60. The number of amides is 1. The third-order valence-corrected chi connectivity index (χ3v) is 6.46. The van der Waals surface area contributed by atoms with E-state index in [0.717, 1.165) is 59.3 Å². The largest absolute Gasteiger partial charge is 0.383 e. The maximum Gasteiger partial charge on any atom is 0.252 e. The second-order valence-corrected chi connectivity index (χ2v) is 8.97. The molecule has 1 fully saturated rings. The first-order chi connectivity index (χ1) is 16.9. The third kappa shape index (κ3) is 5.37. The predicted molar refractivity (Wildman–Crippen MR) is 138 cm³/mol. The Hall–Kier alpha value is -4.07. The highest BCUT2D eigenvalue weighted by atomic mass is 16.1. The van der Waals surface area contributed by atoms with Crippen LogP contribution in [0.2, 0.25) is 0 Å². The second kappa shape index (κ2) is 10.5. The van der Waals surface area contributed by atoms with Crippen LogP contribution in [0.3, 0.4) is 0 Å². The summed E-state index contributed by atoms with van der Waals surface area (Å²) in [4.78, 5) is 32.9. The fourth-order valence-electron chi connectivity index (χ4n) is 4.60. The van der Waals surface area contributed by atoms with Crippen LogP contribution in [0.25, 0.3) is 11.1 Å². The van der Waals surface area contributed by atoms with Gasteiger partial charge in [0.25, 0.3) is 5.91 Å². The number of carbonyl (C=O) groups is 2. The van der Waals surface area contributed by atoms with Crippen molar-refractivity contribution < 1.29 is 9.59 Å². The molecule has 1 saturated carbocycles. The number of anilines is 2. The minimum atomic E-state index is -0.309. The second-order valence-electron chi connectivity index (χ2n) is 8.97. The molecule has 0 bridgehead atoms. The van der Waals surface area contributed by atoms with Crippen LogP contribution >= 0.6 is 0 Å². The highest BCUT2D eigenvalue weighted by Gasteiger charge is 2.21. The fraction of sp³-hybridized carbons (Fsp3) is 0.296. The number of aryl methyl sites for hydroxylation is 2. The maximum atomic E-state index is 13.4. The van der Waals surface area contributed by atoms with Crippen LogP contribution in [-0.4, -0.2) is 34.4 Å². The van der Waals surface area contributed by atoms with Gasteiger partial charge in [-0.2, -0.15) is 0 Å². The summed E-state index contributed by atoms with van der Waals surface area (Å²) in [5.74, 6) is 0.0884. The van der Waals surface area contributed by atoms with E-state index in [4.69, 9.17) is 11.1 Å². The van der Waals surface area contributed by atoms with Gasteiger partial charge in [0.05, 0.1) is 5.56 Å². The summed E-state index contributed by atoms with van der Waals surface area (Å²) in [6.07, 6.45) is 7.96. The van der Waals surface area contributed by atoms with Gasteiger partial charge in [0, 0.05) is 53.1 Å². The monoisotopic (exact) mass is 470 g/mol. The standard InChI is InChI=1S/C27H30N6O2/c1-16-9-17(2)32-26(29)24(16)14-31-27(35)22-10-19(18-7-8-21(15-34)30-13-18)11-25(23(22)12-28)33-20-5-3-4-6-20/h7-13,15,20,28,33H,3-6,14H2,1-2H3,(H2,29,32)(H,31,35). The molecule has 3 aromatic rings. The molecule has 0 saturated heterocycles.